The standard InChI is InChI=1S/C19H21N3S/c1-22(17(11-2-3-11)12-4-5-12)19-15-8-9-23-18(15)14-7-6-13(20)10-16(14)21-19/h6-12,17H,2-5,20H2,1H3. The molecule has 1 aromatic carbocycles. The number of anilines is 2. The van der Waals surface area contributed by atoms with Gasteiger partial charge in [-0.25, -0.2) is 4.98 Å². The minimum absolute atomic E-state index is 0.670. The van der Waals surface area contributed by atoms with Gasteiger partial charge in [-0.05, 0) is 67.2 Å². The second kappa shape index (κ2) is 4.84. The van der Waals surface area contributed by atoms with E-state index >= 15 is 0 Å². The van der Waals surface area contributed by atoms with Crippen molar-refractivity contribution in [2.24, 2.45) is 11.8 Å². The van der Waals surface area contributed by atoms with Crippen LogP contribution in [0.5, 0.6) is 0 Å². The van der Waals surface area contributed by atoms with E-state index in [2.05, 4.69) is 29.5 Å². The highest BCUT2D eigenvalue weighted by atomic mass is 32.1. The first-order valence-corrected chi connectivity index (χ1v) is 9.39. The zero-order valence-corrected chi connectivity index (χ0v) is 14.1. The predicted octanol–water partition coefficient (Wildman–Crippen LogP) is 4.66. The molecule has 3 aromatic rings. The van der Waals surface area contributed by atoms with Crippen molar-refractivity contribution in [3.05, 3.63) is 29.6 Å². The first-order chi connectivity index (χ1) is 11.2. The van der Waals surface area contributed by atoms with Crippen LogP contribution in [0.3, 0.4) is 0 Å². The van der Waals surface area contributed by atoms with Gasteiger partial charge in [-0.1, -0.05) is 0 Å². The molecule has 2 heterocycles. The molecule has 23 heavy (non-hydrogen) atoms. The van der Waals surface area contributed by atoms with Crippen LogP contribution in [0.1, 0.15) is 25.7 Å². The van der Waals surface area contributed by atoms with Crippen LogP contribution in [-0.2, 0) is 0 Å². The summed E-state index contributed by atoms with van der Waals surface area (Å²) in [7, 11) is 2.25. The molecule has 4 heteroatoms. The van der Waals surface area contributed by atoms with Crippen LogP contribution in [0.4, 0.5) is 11.5 Å². The third-order valence-corrected chi connectivity index (χ3v) is 6.34. The number of hydrogen-bond donors (Lipinski definition) is 1. The molecule has 0 radical (unpaired) electrons. The third-order valence-electron chi connectivity index (χ3n) is 5.39. The topological polar surface area (TPSA) is 42.2 Å². The molecule has 2 aliphatic carbocycles. The lowest BCUT2D eigenvalue weighted by molar-refractivity contribution is 0.501. The zero-order valence-electron chi connectivity index (χ0n) is 13.3. The molecule has 0 amide bonds. The number of nitrogens with two attached hydrogens (primary N) is 1. The van der Waals surface area contributed by atoms with Gasteiger partial charge in [0.15, 0.2) is 0 Å². The number of nitrogens with zero attached hydrogens (tertiary/aromatic N) is 2. The second-order valence-electron chi connectivity index (χ2n) is 7.15. The molecular weight excluding hydrogens is 302 g/mol. The molecule has 2 aromatic heterocycles. The van der Waals surface area contributed by atoms with E-state index in [1.54, 1.807) is 11.3 Å². The summed E-state index contributed by atoms with van der Waals surface area (Å²) in [4.78, 5) is 7.51. The molecule has 0 bridgehead atoms. The van der Waals surface area contributed by atoms with Crippen molar-refractivity contribution in [1.29, 1.82) is 0 Å². The molecule has 0 spiro atoms. The van der Waals surface area contributed by atoms with Gasteiger partial charge in [0.2, 0.25) is 0 Å². The monoisotopic (exact) mass is 323 g/mol. The van der Waals surface area contributed by atoms with Gasteiger partial charge in [0.25, 0.3) is 0 Å². The first-order valence-electron chi connectivity index (χ1n) is 8.51. The van der Waals surface area contributed by atoms with Crippen LogP contribution in [-0.4, -0.2) is 18.1 Å². The van der Waals surface area contributed by atoms with Gasteiger partial charge in [-0.3, -0.25) is 0 Å². The van der Waals surface area contributed by atoms with Crippen molar-refractivity contribution in [3.63, 3.8) is 0 Å². The summed E-state index contributed by atoms with van der Waals surface area (Å²) in [6, 6.07) is 8.99. The Morgan fingerprint density at radius 3 is 2.57 bits per heavy atom. The van der Waals surface area contributed by atoms with Crippen molar-refractivity contribution in [2.45, 2.75) is 31.7 Å². The zero-order chi connectivity index (χ0) is 15.6. The minimum atomic E-state index is 0.670. The first kappa shape index (κ1) is 13.6. The van der Waals surface area contributed by atoms with Crippen LogP contribution >= 0.6 is 11.3 Å². The average Bonchev–Trinajstić information content (AvgIpc) is 3.47. The van der Waals surface area contributed by atoms with Gasteiger partial charge < -0.3 is 10.6 Å². The van der Waals surface area contributed by atoms with Crippen LogP contribution in [0.2, 0.25) is 0 Å². The Kier molecular flexibility index (Phi) is 2.87. The maximum absolute atomic E-state index is 6.00. The number of thiophene rings is 1. The number of hydrogen-bond acceptors (Lipinski definition) is 4. The Morgan fingerprint density at radius 1 is 1.13 bits per heavy atom. The summed E-state index contributed by atoms with van der Waals surface area (Å²) in [5, 5.41) is 4.69. The van der Waals surface area contributed by atoms with Gasteiger partial charge >= 0.3 is 0 Å². The third kappa shape index (κ3) is 2.19. The van der Waals surface area contributed by atoms with Crippen LogP contribution in [0, 0.1) is 11.8 Å². The quantitative estimate of drug-likeness (QED) is 0.710. The van der Waals surface area contributed by atoms with Crippen molar-refractivity contribution in [1.82, 2.24) is 4.98 Å². The molecule has 2 fully saturated rings. The Labute approximate surface area is 140 Å². The fourth-order valence-electron chi connectivity index (χ4n) is 4.00. The fourth-order valence-corrected chi connectivity index (χ4v) is 4.93. The number of rotatable bonds is 4. The summed E-state index contributed by atoms with van der Waals surface area (Å²) < 4.78 is 1.34. The van der Waals surface area contributed by atoms with E-state index in [-0.39, 0.29) is 0 Å². The van der Waals surface area contributed by atoms with E-state index in [4.69, 9.17) is 10.7 Å². The lowest BCUT2D eigenvalue weighted by Crippen LogP contribution is -2.36. The molecule has 118 valence electrons. The summed E-state index contributed by atoms with van der Waals surface area (Å²) >= 11 is 1.81. The molecular formula is C19H21N3S. The smallest absolute Gasteiger partial charge is 0.138 e. The SMILES string of the molecule is CN(c1nc2cc(N)ccc2c2sccc12)C(C1CC1)C1CC1. The molecule has 3 nitrogen and oxygen atoms in total. The minimum Gasteiger partial charge on any atom is -0.399 e. The van der Waals surface area contributed by atoms with E-state index < -0.39 is 0 Å². The van der Waals surface area contributed by atoms with Crippen molar-refractivity contribution in [3.8, 4) is 0 Å². The second-order valence-corrected chi connectivity index (χ2v) is 8.07. The fraction of sp³-hybridized carbons (Fsp3) is 0.421. The van der Waals surface area contributed by atoms with E-state index in [1.165, 1.54) is 41.2 Å². The number of aromatic nitrogens is 1. The number of benzene rings is 1. The molecule has 0 aliphatic heterocycles. The Morgan fingerprint density at radius 2 is 1.87 bits per heavy atom. The Hall–Kier alpha value is -1.81. The molecule has 0 atom stereocenters. The normalized spacial score (nSPS) is 18.2. The van der Waals surface area contributed by atoms with E-state index in [0.29, 0.717) is 6.04 Å². The van der Waals surface area contributed by atoms with Crippen molar-refractivity contribution < 1.29 is 0 Å². The van der Waals surface area contributed by atoms with Crippen molar-refractivity contribution >= 4 is 43.8 Å². The Balaban J connectivity index is 1.70. The lowest BCUT2D eigenvalue weighted by Gasteiger charge is -2.30. The lowest BCUT2D eigenvalue weighted by atomic mass is 10.0. The highest BCUT2D eigenvalue weighted by molar-refractivity contribution is 7.18. The number of nitrogen functional groups attached to an aromatic ring is 1. The maximum atomic E-state index is 6.00. The highest BCUT2D eigenvalue weighted by Gasteiger charge is 2.44. The molecule has 0 unspecified atom stereocenters. The summed E-state index contributed by atoms with van der Waals surface area (Å²) in [6.07, 6.45) is 5.55. The van der Waals surface area contributed by atoms with E-state index in [9.17, 15) is 0 Å². The van der Waals surface area contributed by atoms with Gasteiger partial charge in [0, 0.05) is 34.2 Å². The van der Waals surface area contributed by atoms with Gasteiger partial charge in [-0.15, -0.1) is 11.3 Å². The van der Waals surface area contributed by atoms with Crippen LogP contribution in [0.15, 0.2) is 29.6 Å². The molecule has 2 N–H and O–H groups in total. The average molecular weight is 323 g/mol. The molecule has 0 saturated heterocycles. The number of fused-ring (bicyclic) bond motifs is 3. The summed E-state index contributed by atoms with van der Waals surface area (Å²) in [6.45, 7) is 0. The molecule has 2 saturated carbocycles. The molecule has 5 rings (SSSR count). The van der Waals surface area contributed by atoms with Gasteiger partial charge in [-0.2, -0.15) is 0 Å². The number of pyridine rings is 1. The predicted molar refractivity (Wildman–Crippen MR) is 99.2 cm³/mol. The largest absolute Gasteiger partial charge is 0.399 e. The van der Waals surface area contributed by atoms with E-state index in [0.717, 1.165) is 28.9 Å². The molecule has 2 aliphatic rings. The van der Waals surface area contributed by atoms with Gasteiger partial charge in [0.05, 0.1) is 5.52 Å². The summed E-state index contributed by atoms with van der Waals surface area (Å²) in [5.74, 6) is 2.89. The van der Waals surface area contributed by atoms with Gasteiger partial charge in [0.1, 0.15) is 5.82 Å². The highest BCUT2D eigenvalue weighted by Crippen LogP contribution is 2.48. The maximum Gasteiger partial charge on any atom is 0.138 e. The summed E-state index contributed by atoms with van der Waals surface area (Å²) in [5.41, 5.74) is 7.80. The Bertz CT molecular complexity index is 880. The van der Waals surface area contributed by atoms with Crippen LogP contribution < -0.4 is 10.6 Å². The van der Waals surface area contributed by atoms with Crippen molar-refractivity contribution in [2.75, 3.05) is 17.7 Å². The van der Waals surface area contributed by atoms with Crippen LogP contribution in [0.25, 0.3) is 21.0 Å². The van der Waals surface area contributed by atoms with E-state index in [1.807, 2.05) is 12.1 Å².